The second kappa shape index (κ2) is 9.06. The summed E-state index contributed by atoms with van der Waals surface area (Å²) in [6, 6.07) is 12.3. The van der Waals surface area contributed by atoms with E-state index in [4.69, 9.17) is 4.74 Å². The van der Waals surface area contributed by atoms with Crippen molar-refractivity contribution in [1.82, 2.24) is 19.7 Å². The number of hydrogen-bond donors (Lipinski definition) is 1. The first-order valence-corrected chi connectivity index (χ1v) is 12.9. The molecule has 0 amide bonds. The third kappa shape index (κ3) is 3.72. The highest BCUT2D eigenvalue weighted by Gasteiger charge is 2.29. The Morgan fingerprint density at radius 2 is 1.90 bits per heavy atom. The van der Waals surface area contributed by atoms with Gasteiger partial charge in [0.05, 0.1) is 16.6 Å². The Morgan fingerprint density at radius 1 is 1.05 bits per heavy atom. The molecule has 4 aromatic heterocycles. The fourth-order valence-electron chi connectivity index (χ4n) is 5.65. The van der Waals surface area contributed by atoms with E-state index in [1.165, 1.54) is 0 Å². The van der Waals surface area contributed by atoms with Crippen molar-refractivity contribution >= 4 is 32.7 Å². The summed E-state index contributed by atoms with van der Waals surface area (Å²) in [5.41, 5.74) is 2.89. The molecule has 6 aromatic rings. The van der Waals surface area contributed by atoms with Crippen LogP contribution in [0, 0.1) is 18.6 Å². The van der Waals surface area contributed by atoms with Gasteiger partial charge in [0.1, 0.15) is 11.7 Å². The second-order valence-electron chi connectivity index (χ2n) is 9.89. The van der Waals surface area contributed by atoms with Crippen LogP contribution < -0.4 is 10.1 Å². The number of halogens is 2. The molecule has 7 nitrogen and oxygen atoms in total. The predicted octanol–water partition coefficient (Wildman–Crippen LogP) is 5.66. The van der Waals surface area contributed by atoms with Gasteiger partial charge in [-0.2, -0.15) is 9.67 Å². The molecule has 1 unspecified atom stereocenters. The molecule has 9 heteroatoms. The van der Waals surface area contributed by atoms with Crippen LogP contribution in [0.4, 0.5) is 8.78 Å². The molecular formula is C30H24F2N5O2+. The van der Waals surface area contributed by atoms with Gasteiger partial charge in [-0.3, -0.25) is 9.78 Å². The third-order valence-electron chi connectivity index (χ3n) is 7.45. The van der Waals surface area contributed by atoms with Gasteiger partial charge in [-0.05, 0) is 56.0 Å². The van der Waals surface area contributed by atoms with E-state index in [2.05, 4.69) is 15.1 Å². The van der Waals surface area contributed by atoms with E-state index in [1.54, 1.807) is 34.0 Å². The summed E-state index contributed by atoms with van der Waals surface area (Å²) in [6.07, 6.45) is 9.18. The largest absolute Gasteiger partial charge is 0.357 e. The molecule has 1 saturated heterocycles. The molecule has 2 aromatic carbocycles. The first-order chi connectivity index (χ1) is 19.0. The van der Waals surface area contributed by atoms with Gasteiger partial charge in [0.25, 0.3) is 5.69 Å². The summed E-state index contributed by atoms with van der Waals surface area (Å²) >= 11 is 0. The Kier molecular flexibility index (Phi) is 5.48. The van der Waals surface area contributed by atoms with Crippen LogP contribution in [0.25, 0.3) is 49.5 Å². The number of hydrogen-bond acceptors (Lipinski definition) is 4. The van der Waals surface area contributed by atoms with Gasteiger partial charge in [0, 0.05) is 52.9 Å². The maximum atomic E-state index is 15.3. The van der Waals surface area contributed by atoms with Crippen LogP contribution in [-0.2, 0) is 4.74 Å². The molecule has 1 aliphatic heterocycles. The van der Waals surface area contributed by atoms with Crippen molar-refractivity contribution in [2.75, 3.05) is 6.61 Å². The van der Waals surface area contributed by atoms with Crippen LogP contribution in [0.3, 0.4) is 0 Å². The smallest absolute Gasteiger partial charge is 0.321 e. The maximum Gasteiger partial charge on any atom is 0.321 e. The van der Waals surface area contributed by atoms with Crippen LogP contribution in [0.1, 0.15) is 31.1 Å². The molecule has 1 aliphatic rings. The van der Waals surface area contributed by atoms with Crippen LogP contribution >= 0.6 is 0 Å². The zero-order valence-electron chi connectivity index (χ0n) is 21.1. The molecule has 0 bridgehead atoms. The number of H-pyrrole nitrogens is 1. The molecule has 194 valence electrons. The van der Waals surface area contributed by atoms with E-state index < -0.39 is 11.6 Å². The lowest BCUT2D eigenvalue weighted by Gasteiger charge is -2.22. The molecule has 0 aliphatic carbocycles. The van der Waals surface area contributed by atoms with E-state index in [9.17, 15) is 4.79 Å². The lowest BCUT2D eigenvalue weighted by molar-refractivity contribution is -0.596. The average Bonchev–Trinajstić information content (AvgIpc) is 3.42. The fraction of sp³-hybridized carbons (Fsp3) is 0.200. The quantitative estimate of drug-likeness (QED) is 0.240. The van der Waals surface area contributed by atoms with Crippen molar-refractivity contribution in [3.8, 4) is 16.8 Å². The van der Waals surface area contributed by atoms with E-state index in [-0.39, 0.29) is 17.3 Å². The number of aryl methyl sites for hydroxylation is 1. The maximum absolute atomic E-state index is 15.3. The summed E-state index contributed by atoms with van der Waals surface area (Å²) in [5, 5.41) is 6.28. The van der Waals surface area contributed by atoms with Crippen LogP contribution in [-0.4, -0.2) is 26.4 Å². The number of benzene rings is 2. The molecule has 1 atom stereocenters. The highest BCUT2D eigenvalue weighted by Crippen LogP contribution is 2.39. The lowest BCUT2D eigenvalue weighted by atomic mass is 9.93. The minimum absolute atomic E-state index is 0.101. The van der Waals surface area contributed by atoms with Crippen molar-refractivity contribution in [2.45, 2.75) is 32.4 Å². The number of nitrogens with zero attached hydrogens (tertiary/aromatic N) is 4. The number of rotatable bonds is 3. The van der Waals surface area contributed by atoms with E-state index in [0.717, 1.165) is 41.8 Å². The summed E-state index contributed by atoms with van der Waals surface area (Å²) < 4.78 is 39.6. The number of fused-ring (bicyclic) bond motifs is 4. The third-order valence-corrected chi connectivity index (χ3v) is 7.45. The zero-order chi connectivity index (χ0) is 26.7. The van der Waals surface area contributed by atoms with Gasteiger partial charge in [-0.25, -0.2) is 13.5 Å². The molecule has 0 saturated carbocycles. The minimum Gasteiger partial charge on any atom is -0.357 e. The van der Waals surface area contributed by atoms with Gasteiger partial charge < -0.3 is 9.72 Å². The molecule has 1 N–H and O–H groups in total. The van der Waals surface area contributed by atoms with Crippen molar-refractivity contribution < 1.29 is 18.1 Å². The van der Waals surface area contributed by atoms with Crippen LogP contribution in [0.5, 0.6) is 0 Å². The first-order valence-electron chi connectivity index (χ1n) is 12.9. The number of aromatic amines is 1. The Hall–Kier alpha value is -4.50. The summed E-state index contributed by atoms with van der Waals surface area (Å²) in [5.74, 6) is -2.07. The van der Waals surface area contributed by atoms with Gasteiger partial charge in [0.15, 0.2) is 24.0 Å². The minimum atomic E-state index is -1.04. The topological polar surface area (TPSA) is 76.7 Å². The molecule has 7 rings (SSSR count). The number of pyridine rings is 3. The van der Waals surface area contributed by atoms with Gasteiger partial charge in [0.2, 0.25) is 0 Å². The standard InChI is InChI=1S/C30H23F2N5O2/c1-17-14-20-24(19-15-22(31)25(32)28-21(19)16-37(35-28)23-9-3-6-13-39-23)29(36-11-4-2-5-12-36)30(38)34-27(20)18-8-7-10-33-26(17)18/h2,4-5,7-8,10-12,14-16,23H,3,6,9,13H2,1H3/p+1. The van der Waals surface area contributed by atoms with Gasteiger partial charge >= 0.3 is 5.56 Å². The molecule has 0 spiro atoms. The SMILES string of the molecule is Cc1cc2c(-c3cc(F)c(F)c4nn(C5CCCCO5)cc34)c(-[n+]3ccccc3)c(=O)[nH]c2c2cccnc12. The number of ether oxygens (including phenoxy) is 1. The van der Waals surface area contributed by atoms with Crippen molar-refractivity contribution in [2.24, 2.45) is 0 Å². The second-order valence-corrected chi connectivity index (χ2v) is 9.89. The highest BCUT2D eigenvalue weighted by atomic mass is 19.2. The number of nitrogens with one attached hydrogen (secondary N) is 1. The lowest BCUT2D eigenvalue weighted by Crippen LogP contribution is -2.37. The van der Waals surface area contributed by atoms with E-state index in [0.29, 0.717) is 39.7 Å². The first kappa shape index (κ1) is 23.6. The fourth-order valence-corrected chi connectivity index (χ4v) is 5.65. The zero-order valence-corrected chi connectivity index (χ0v) is 21.1. The molecule has 39 heavy (non-hydrogen) atoms. The monoisotopic (exact) mass is 524 g/mol. The highest BCUT2D eigenvalue weighted by molar-refractivity contribution is 6.13. The Labute approximate surface area is 221 Å². The summed E-state index contributed by atoms with van der Waals surface area (Å²) in [6.45, 7) is 2.52. The summed E-state index contributed by atoms with van der Waals surface area (Å²) in [7, 11) is 0. The predicted molar refractivity (Wildman–Crippen MR) is 144 cm³/mol. The van der Waals surface area contributed by atoms with Crippen LogP contribution in [0.2, 0.25) is 0 Å². The molecular weight excluding hydrogens is 500 g/mol. The summed E-state index contributed by atoms with van der Waals surface area (Å²) in [4.78, 5) is 21.3. The molecule has 0 radical (unpaired) electrons. The van der Waals surface area contributed by atoms with Crippen LogP contribution in [0.15, 0.2) is 72.0 Å². The normalized spacial score (nSPS) is 15.9. The average molecular weight is 525 g/mol. The van der Waals surface area contributed by atoms with Gasteiger partial charge in [-0.15, -0.1) is 0 Å². The van der Waals surface area contributed by atoms with Crippen molar-refractivity contribution in [3.63, 3.8) is 0 Å². The Bertz CT molecular complexity index is 1960. The van der Waals surface area contributed by atoms with Crippen molar-refractivity contribution in [1.29, 1.82) is 0 Å². The van der Waals surface area contributed by atoms with E-state index in [1.807, 2.05) is 43.3 Å². The van der Waals surface area contributed by atoms with E-state index >= 15 is 8.78 Å². The Morgan fingerprint density at radius 3 is 2.69 bits per heavy atom. The van der Waals surface area contributed by atoms with Crippen molar-refractivity contribution in [3.05, 3.63) is 94.8 Å². The number of aromatic nitrogens is 5. The molecule has 1 fully saturated rings. The van der Waals surface area contributed by atoms with Gasteiger partial charge in [-0.1, -0.05) is 6.07 Å². The Balaban J connectivity index is 1.64. The molecule has 5 heterocycles.